The third-order valence-corrected chi connectivity index (χ3v) is 6.38. The molecular weight excluding hydrogens is 392 g/mol. The number of unbranched alkanes of at least 4 members (excludes halogenated alkanes) is 15. The summed E-state index contributed by atoms with van der Waals surface area (Å²) in [5, 5.41) is 20.5. The van der Waals surface area contributed by atoms with Crippen LogP contribution in [0.4, 0.5) is 0 Å². The fourth-order valence-corrected chi connectivity index (χ4v) is 4.32. The third-order valence-electron chi connectivity index (χ3n) is 6.17. The van der Waals surface area contributed by atoms with Gasteiger partial charge < -0.3 is 10.2 Å². The number of phenolic OH excluding ortho intramolecular Hbond substituents is 2. The van der Waals surface area contributed by atoms with E-state index in [1.807, 2.05) is 26.0 Å². The van der Waals surface area contributed by atoms with Crippen molar-refractivity contribution in [1.29, 1.82) is 0 Å². The Balaban J connectivity index is 1.99. The van der Waals surface area contributed by atoms with Gasteiger partial charge in [-0.25, -0.2) is 0 Å². The Morgan fingerprint density at radius 2 is 1.03 bits per heavy atom. The second kappa shape index (κ2) is 15.8. The van der Waals surface area contributed by atoms with E-state index in [2.05, 4.69) is 6.92 Å². The average Bonchev–Trinajstić information content (AvgIpc) is 2.69. The molecule has 0 heterocycles. The minimum Gasteiger partial charge on any atom is -0.504 e. The van der Waals surface area contributed by atoms with E-state index in [0.717, 1.165) is 18.4 Å². The molecule has 0 amide bonds. The van der Waals surface area contributed by atoms with E-state index in [-0.39, 0.29) is 11.5 Å². The molecule has 0 fully saturated rings. The maximum atomic E-state index is 10.3. The summed E-state index contributed by atoms with van der Waals surface area (Å²) >= 11 is 6.27. The fourth-order valence-electron chi connectivity index (χ4n) is 4.17. The summed E-state index contributed by atoms with van der Waals surface area (Å²) in [5.41, 5.74) is 1.40. The molecule has 30 heavy (non-hydrogen) atoms. The Morgan fingerprint density at radius 3 is 1.43 bits per heavy atom. The molecule has 1 rings (SSSR count). The van der Waals surface area contributed by atoms with E-state index >= 15 is 0 Å². The van der Waals surface area contributed by atoms with Crippen LogP contribution in [0.2, 0.25) is 0 Å². The van der Waals surface area contributed by atoms with Crippen molar-refractivity contribution in [3.8, 4) is 11.5 Å². The zero-order valence-corrected chi connectivity index (χ0v) is 20.7. The topological polar surface area (TPSA) is 40.5 Å². The van der Waals surface area contributed by atoms with Gasteiger partial charge in [0.05, 0.1) is 4.87 Å². The first-order chi connectivity index (χ1) is 14.4. The van der Waals surface area contributed by atoms with Gasteiger partial charge >= 0.3 is 0 Å². The first kappa shape index (κ1) is 27.1. The zero-order valence-electron chi connectivity index (χ0n) is 19.9. The monoisotopic (exact) mass is 438 g/mol. The molecule has 2 nitrogen and oxygen atoms in total. The number of benzene rings is 1. The minimum absolute atomic E-state index is 0.00202. The fraction of sp³-hybridized carbons (Fsp3) is 0.778. The lowest BCUT2D eigenvalue weighted by atomic mass is 9.96. The van der Waals surface area contributed by atoms with Gasteiger partial charge in [-0.1, -0.05) is 115 Å². The van der Waals surface area contributed by atoms with Crippen molar-refractivity contribution in [3.63, 3.8) is 0 Å². The molecule has 0 atom stereocenters. The summed E-state index contributed by atoms with van der Waals surface area (Å²) in [5.74, 6) is -0.0637. The van der Waals surface area contributed by atoms with Gasteiger partial charge in [0.25, 0.3) is 0 Å². The molecular formula is C27H47ClO2. The Hall–Kier alpha value is -0.890. The quantitative estimate of drug-likeness (QED) is 0.136. The SMILES string of the molecule is CCCCCCCCCCCCCCCCCCc1ccc(C(C)(C)Cl)c(O)c1O. The largest absolute Gasteiger partial charge is 0.504 e. The van der Waals surface area contributed by atoms with Crippen molar-refractivity contribution in [2.24, 2.45) is 0 Å². The normalized spacial score (nSPS) is 11.9. The number of rotatable bonds is 18. The van der Waals surface area contributed by atoms with Crippen LogP contribution >= 0.6 is 11.6 Å². The molecule has 1 aromatic rings. The molecule has 0 aliphatic carbocycles. The average molecular weight is 439 g/mol. The number of phenols is 2. The van der Waals surface area contributed by atoms with Gasteiger partial charge in [-0.2, -0.15) is 0 Å². The zero-order chi connectivity index (χ0) is 22.2. The molecule has 0 radical (unpaired) electrons. The summed E-state index contributed by atoms with van der Waals surface area (Å²) in [4.78, 5) is -0.686. The molecule has 0 aliphatic heterocycles. The van der Waals surface area contributed by atoms with E-state index in [0.29, 0.717) is 5.56 Å². The van der Waals surface area contributed by atoms with Gasteiger partial charge in [0, 0.05) is 5.56 Å². The molecule has 0 saturated carbocycles. The lowest BCUT2D eigenvalue weighted by molar-refractivity contribution is 0.390. The Bertz CT molecular complexity index is 563. The maximum absolute atomic E-state index is 10.3. The van der Waals surface area contributed by atoms with Crippen molar-refractivity contribution in [3.05, 3.63) is 23.3 Å². The highest BCUT2D eigenvalue weighted by atomic mass is 35.5. The Kier molecular flexibility index (Phi) is 14.3. The standard InChI is InChI=1S/C27H47ClO2/c1-4-5-6-7-8-9-10-11-12-13-14-15-16-17-18-19-20-23-21-22-24(27(2,3)28)26(30)25(23)29/h21-22,29-30H,4-20H2,1-3H3. The summed E-state index contributed by atoms with van der Waals surface area (Å²) in [6.45, 7) is 5.91. The van der Waals surface area contributed by atoms with E-state index in [9.17, 15) is 10.2 Å². The number of hydrogen-bond acceptors (Lipinski definition) is 2. The molecule has 0 spiro atoms. The number of aromatic hydroxyl groups is 2. The summed E-state index contributed by atoms with van der Waals surface area (Å²) in [6.07, 6.45) is 22.5. The van der Waals surface area contributed by atoms with Crippen molar-refractivity contribution in [2.75, 3.05) is 0 Å². The number of halogens is 1. The van der Waals surface area contributed by atoms with Gasteiger partial charge in [0.2, 0.25) is 0 Å². The van der Waals surface area contributed by atoms with Gasteiger partial charge in [0.1, 0.15) is 0 Å². The van der Waals surface area contributed by atoms with E-state index in [1.54, 1.807) is 0 Å². The molecule has 0 unspecified atom stereocenters. The predicted molar refractivity (Wildman–Crippen MR) is 132 cm³/mol. The molecule has 174 valence electrons. The molecule has 3 heteroatoms. The third kappa shape index (κ3) is 11.5. The predicted octanol–water partition coefficient (Wildman–Crippen LogP) is 9.38. The Morgan fingerprint density at radius 1 is 0.633 bits per heavy atom. The first-order valence-electron chi connectivity index (χ1n) is 12.6. The highest BCUT2D eigenvalue weighted by Gasteiger charge is 2.23. The molecule has 0 aliphatic rings. The van der Waals surface area contributed by atoms with Crippen LogP contribution in [0.5, 0.6) is 11.5 Å². The Labute approximate surface area is 191 Å². The van der Waals surface area contributed by atoms with Crippen molar-refractivity contribution in [2.45, 2.75) is 135 Å². The van der Waals surface area contributed by atoms with E-state index < -0.39 is 4.87 Å². The van der Waals surface area contributed by atoms with Crippen molar-refractivity contribution < 1.29 is 10.2 Å². The van der Waals surface area contributed by atoms with E-state index in [1.165, 1.54) is 96.3 Å². The van der Waals surface area contributed by atoms with Crippen LogP contribution in [0.3, 0.4) is 0 Å². The van der Waals surface area contributed by atoms with Crippen LogP contribution in [0.1, 0.15) is 135 Å². The second-order valence-electron chi connectivity index (χ2n) is 9.50. The van der Waals surface area contributed by atoms with Gasteiger partial charge in [-0.15, -0.1) is 11.6 Å². The summed E-state index contributed by atoms with van der Waals surface area (Å²) in [6, 6.07) is 3.74. The van der Waals surface area contributed by atoms with Crippen LogP contribution in [0, 0.1) is 0 Å². The highest BCUT2D eigenvalue weighted by molar-refractivity contribution is 6.23. The van der Waals surface area contributed by atoms with Crippen LogP contribution in [0.15, 0.2) is 12.1 Å². The molecule has 1 aromatic carbocycles. The molecule has 0 aromatic heterocycles. The lowest BCUT2D eigenvalue weighted by Crippen LogP contribution is -2.08. The second-order valence-corrected chi connectivity index (χ2v) is 10.4. The van der Waals surface area contributed by atoms with Gasteiger partial charge in [0.15, 0.2) is 11.5 Å². The summed E-state index contributed by atoms with van der Waals surface area (Å²) in [7, 11) is 0. The van der Waals surface area contributed by atoms with Gasteiger partial charge in [-0.3, -0.25) is 0 Å². The van der Waals surface area contributed by atoms with Crippen LogP contribution in [-0.4, -0.2) is 10.2 Å². The lowest BCUT2D eigenvalue weighted by Gasteiger charge is -2.19. The van der Waals surface area contributed by atoms with Crippen molar-refractivity contribution >= 4 is 11.6 Å². The first-order valence-corrected chi connectivity index (χ1v) is 13.0. The number of alkyl halides is 1. The van der Waals surface area contributed by atoms with Crippen LogP contribution in [0.25, 0.3) is 0 Å². The van der Waals surface area contributed by atoms with Crippen LogP contribution in [-0.2, 0) is 11.3 Å². The molecule has 0 saturated heterocycles. The number of hydrogen-bond donors (Lipinski definition) is 2. The minimum atomic E-state index is -0.686. The van der Waals surface area contributed by atoms with Gasteiger partial charge in [-0.05, 0) is 32.3 Å². The number of aryl methyl sites for hydroxylation is 1. The summed E-state index contributed by atoms with van der Waals surface area (Å²) < 4.78 is 0. The van der Waals surface area contributed by atoms with Crippen LogP contribution < -0.4 is 0 Å². The molecule has 0 bridgehead atoms. The van der Waals surface area contributed by atoms with E-state index in [4.69, 9.17) is 11.6 Å². The maximum Gasteiger partial charge on any atom is 0.162 e. The highest BCUT2D eigenvalue weighted by Crippen LogP contribution is 2.41. The smallest absolute Gasteiger partial charge is 0.162 e. The molecule has 2 N–H and O–H groups in total. The van der Waals surface area contributed by atoms with Crippen molar-refractivity contribution in [1.82, 2.24) is 0 Å².